The van der Waals surface area contributed by atoms with E-state index in [1.165, 1.54) is 0 Å². The van der Waals surface area contributed by atoms with E-state index >= 15 is 0 Å². The van der Waals surface area contributed by atoms with Crippen molar-refractivity contribution in [3.05, 3.63) is 95.1 Å². The molecule has 4 aromatic carbocycles. The van der Waals surface area contributed by atoms with Gasteiger partial charge in [-0.05, 0) is 23.6 Å². The van der Waals surface area contributed by atoms with Crippen molar-refractivity contribution in [3.8, 4) is 17.2 Å². The van der Waals surface area contributed by atoms with Gasteiger partial charge in [-0.1, -0.05) is 48.5 Å². The number of fused-ring (bicyclic) bond motifs is 4. The average molecular weight is 397 g/mol. The predicted molar refractivity (Wildman–Crippen MR) is 115 cm³/mol. The molecular weight excluding hydrogens is 378 g/mol. The highest BCUT2D eigenvalue weighted by molar-refractivity contribution is 6.00. The summed E-state index contributed by atoms with van der Waals surface area (Å²) in [5.74, 6) is 1.06. The van der Waals surface area contributed by atoms with Crippen LogP contribution in [0.4, 0.5) is 5.69 Å². The van der Waals surface area contributed by atoms with Crippen molar-refractivity contribution < 1.29 is 19.4 Å². The van der Waals surface area contributed by atoms with Gasteiger partial charge in [0.1, 0.15) is 23.5 Å². The zero-order valence-corrected chi connectivity index (χ0v) is 16.3. The van der Waals surface area contributed by atoms with E-state index in [-0.39, 0.29) is 5.75 Å². The minimum Gasteiger partial charge on any atom is -0.508 e. The molecular formula is C25H19NO4. The molecule has 0 amide bonds. The molecule has 1 unspecified atom stereocenters. The Morgan fingerprint density at radius 1 is 0.967 bits per heavy atom. The number of nitrogen functional groups attached to an aromatic ring is 1. The molecule has 1 aliphatic rings. The van der Waals surface area contributed by atoms with Crippen molar-refractivity contribution in [2.24, 2.45) is 0 Å². The molecule has 0 bridgehead atoms. The first-order chi connectivity index (χ1) is 14.6. The number of carbonyl (C=O) groups excluding carboxylic acids is 1. The Kier molecular flexibility index (Phi) is 4.01. The van der Waals surface area contributed by atoms with E-state index < -0.39 is 5.60 Å². The maximum absolute atomic E-state index is 11.9. The summed E-state index contributed by atoms with van der Waals surface area (Å²) >= 11 is 0. The Morgan fingerprint density at radius 2 is 1.77 bits per heavy atom. The molecule has 1 atom stereocenters. The number of aldehydes is 1. The van der Waals surface area contributed by atoms with Gasteiger partial charge in [0.25, 0.3) is 0 Å². The predicted octanol–water partition coefficient (Wildman–Crippen LogP) is 4.98. The summed E-state index contributed by atoms with van der Waals surface area (Å²) in [4.78, 5) is 11.9. The summed E-state index contributed by atoms with van der Waals surface area (Å²) in [6.07, 6.45) is 0.820. The number of benzene rings is 4. The zero-order chi connectivity index (χ0) is 20.9. The van der Waals surface area contributed by atoms with E-state index in [4.69, 9.17) is 15.2 Å². The van der Waals surface area contributed by atoms with Crippen molar-refractivity contribution in [3.63, 3.8) is 0 Å². The molecule has 5 heteroatoms. The lowest BCUT2D eigenvalue weighted by molar-refractivity contribution is 0.0494. The number of phenols is 1. The van der Waals surface area contributed by atoms with Crippen LogP contribution in [0.25, 0.3) is 10.8 Å². The van der Waals surface area contributed by atoms with E-state index in [1.54, 1.807) is 31.4 Å². The third-order valence-corrected chi connectivity index (χ3v) is 5.74. The minimum absolute atomic E-state index is 0.0686. The maximum Gasteiger partial charge on any atom is 0.151 e. The number of anilines is 1. The number of phenolic OH excluding ortho intramolecular Hbond substituents is 1. The fourth-order valence-corrected chi connectivity index (χ4v) is 4.44. The summed E-state index contributed by atoms with van der Waals surface area (Å²) < 4.78 is 12.5. The van der Waals surface area contributed by atoms with Crippen LogP contribution >= 0.6 is 0 Å². The van der Waals surface area contributed by atoms with E-state index in [1.807, 2.05) is 48.5 Å². The topological polar surface area (TPSA) is 81.8 Å². The van der Waals surface area contributed by atoms with E-state index in [0.29, 0.717) is 33.9 Å². The third-order valence-electron chi connectivity index (χ3n) is 5.74. The number of hydrogen-bond acceptors (Lipinski definition) is 5. The van der Waals surface area contributed by atoms with Crippen molar-refractivity contribution in [1.82, 2.24) is 0 Å². The number of ether oxygens (including phenoxy) is 2. The van der Waals surface area contributed by atoms with Gasteiger partial charge in [0.15, 0.2) is 5.60 Å². The van der Waals surface area contributed by atoms with Crippen LogP contribution in [-0.4, -0.2) is 18.5 Å². The van der Waals surface area contributed by atoms with E-state index in [0.717, 1.165) is 22.6 Å². The first-order valence-electron chi connectivity index (χ1n) is 9.53. The lowest BCUT2D eigenvalue weighted by Crippen LogP contribution is -2.35. The van der Waals surface area contributed by atoms with Gasteiger partial charge in [-0.2, -0.15) is 0 Å². The number of nitrogens with two attached hydrogens (primary N) is 1. The number of methoxy groups -OCH3 is 1. The molecule has 3 N–H and O–H groups in total. The monoisotopic (exact) mass is 397 g/mol. The average Bonchev–Trinajstić information content (AvgIpc) is 2.77. The molecule has 0 spiro atoms. The fourth-order valence-electron chi connectivity index (χ4n) is 4.44. The first kappa shape index (κ1) is 18.2. The van der Waals surface area contributed by atoms with E-state index in [2.05, 4.69) is 0 Å². The standard InChI is InChI=1S/C25H19NO4/c1-29-25(18-7-3-2-5-16(18)14-27)19-12-10-17(28)13-22(19)30-24-20(25)11-9-15-6-4-8-21(26)23(15)24/h2-14,28H,26H2,1H3. The second-order valence-corrected chi connectivity index (χ2v) is 7.26. The highest BCUT2D eigenvalue weighted by atomic mass is 16.5. The van der Waals surface area contributed by atoms with Crippen LogP contribution in [0.5, 0.6) is 17.2 Å². The summed E-state index contributed by atoms with van der Waals surface area (Å²) in [6, 6.07) is 21.8. The van der Waals surface area contributed by atoms with Gasteiger partial charge in [0, 0.05) is 46.5 Å². The molecule has 30 heavy (non-hydrogen) atoms. The van der Waals surface area contributed by atoms with Crippen LogP contribution in [0.15, 0.2) is 72.8 Å². The van der Waals surface area contributed by atoms with Crippen LogP contribution in [0.3, 0.4) is 0 Å². The Bertz CT molecular complexity index is 1310. The minimum atomic E-state index is -1.12. The summed E-state index contributed by atoms with van der Waals surface area (Å²) in [6.45, 7) is 0. The number of aromatic hydroxyl groups is 1. The van der Waals surface area contributed by atoms with Gasteiger partial charge in [-0.25, -0.2) is 0 Å². The second kappa shape index (κ2) is 6.61. The smallest absolute Gasteiger partial charge is 0.151 e. The van der Waals surface area contributed by atoms with Crippen LogP contribution in [0.2, 0.25) is 0 Å². The van der Waals surface area contributed by atoms with Crippen molar-refractivity contribution in [2.45, 2.75) is 5.60 Å². The molecule has 5 rings (SSSR count). The Balaban J connectivity index is 1.97. The number of carbonyl (C=O) groups is 1. The van der Waals surface area contributed by atoms with Crippen LogP contribution < -0.4 is 10.5 Å². The summed E-state index contributed by atoms with van der Waals surface area (Å²) in [5.41, 5.74) is 8.41. The molecule has 1 heterocycles. The van der Waals surface area contributed by atoms with Gasteiger partial charge in [0.2, 0.25) is 0 Å². The van der Waals surface area contributed by atoms with Gasteiger partial charge in [0.05, 0.1) is 0 Å². The SMILES string of the molecule is COC1(c2ccccc2C=O)c2ccc(O)cc2Oc2c1ccc1cccc(N)c21. The molecule has 1 aliphatic heterocycles. The highest BCUT2D eigenvalue weighted by Gasteiger charge is 2.46. The van der Waals surface area contributed by atoms with Crippen LogP contribution in [0, 0.1) is 0 Å². The second-order valence-electron chi connectivity index (χ2n) is 7.26. The van der Waals surface area contributed by atoms with Crippen LogP contribution in [0.1, 0.15) is 27.0 Å². The normalized spacial score (nSPS) is 17.1. The molecule has 0 radical (unpaired) electrons. The fraction of sp³-hybridized carbons (Fsp3) is 0.0800. The van der Waals surface area contributed by atoms with Gasteiger partial charge < -0.3 is 20.3 Å². The van der Waals surface area contributed by atoms with Gasteiger partial charge in [-0.15, -0.1) is 0 Å². The molecule has 0 saturated carbocycles. The lowest BCUT2D eigenvalue weighted by atomic mass is 9.75. The van der Waals surface area contributed by atoms with Crippen molar-refractivity contribution in [2.75, 3.05) is 12.8 Å². The lowest BCUT2D eigenvalue weighted by Gasteiger charge is -2.40. The van der Waals surface area contributed by atoms with E-state index in [9.17, 15) is 9.90 Å². The Morgan fingerprint density at radius 3 is 2.57 bits per heavy atom. The number of rotatable bonds is 3. The molecule has 0 saturated heterocycles. The third kappa shape index (κ3) is 2.36. The van der Waals surface area contributed by atoms with Crippen LogP contribution in [-0.2, 0) is 10.3 Å². The maximum atomic E-state index is 11.9. The molecule has 4 aromatic rings. The first-order valence-corrected chi connectivity index (χ1v) is 9.53. The number of hydrogen-bond donors (Lipinski definition) is 2. The summed E-state index contributed by atoms with van der Waals surface area (Å²) in [5, 5.41) is 11.8. The Hall–Kier alpha value is -3.83. The molecule has 0 aliphatic carbocycles. The van der Waals surface area contributed by atoms with Gasteiger partial charge in [-0.3, -0.25) is 4.79 Å². The highest BCUT2D eigenvalue weighted by Crippen LogP contribution is 2.55. The quantitative estimate of drug-likeness (QED) is 0.376. The zero-order valence-electron chi connectivity index (χ0n) is 16.3. The van der Waals surface area contributed by atoms with Gasteiger partial charge >= 0.3 is 0 Å². The Labute approximate surface area is 173 Å². The summed E-state index contributed by atoms with van der Waals surface area (Å²) in [7, 11) is 1.60. The molecule has 0 fully saturated rings. The van der Waals surface area contributed by atoms with Crippen molar-refractivity contribution in [1.29, 1.82) is 0 Å². The largest absolute Gasteiger partial charge is 0.508 e. The molecule has 148 valence electrons. The molecule has 5 nitrogen and oxygen atoms in total. The molecule has 0 aromatic heterocycles. The van der Waals surface area contributed by atoms with Crippen molar-refractivity contribution >= 4 is 22.7 Å².